The average Bonchev–Trinajstić information content (AvgIpc) is 2.89. The number of pyridine rings is 1. The van der Waals surface area contributed by atoms with Crippen LogP contribution in [-0.4, -0.2) is 9.97 Å². The molecule has 1 aromatic carbocycles. The van der Waals surface area contributed by atoms with Gasteiger partial charge in [-0.2, -0.15) is 0 Å². The fourth-order valence-corrected chi connectivity index (χ4v) is 3.04. The first kappa shape index (κ1) is 12.8. The summed E-state index contributed by atoms with van der Waals surface area (Å²) in [5.41, 5.74) is 3.20. The first-order chi connectivity index (χ1) is 9.83. The smallest absolute Gasteiger partial charge is 0.113 e. The maximum atomic E-state index is 4.69. The monoisotopic (exact) mass is 278 g/mol. The average molecular weight is 278 g/mol. The van der Waals surface area contributed by atoms with E-state index in [-0.39, 0.29) is 0 Å². The van der Waals surface area contributed by atoms with Gasteiger partial charge in [-0.1, -0.05) is 24.1 Å². The van der Waals surface area contributed by atoms with Gasteiger partial charge in [0.15, 0.2) is 0 Å². The van der Waals surface area contributed by atoms with Gasteiger partial charge in [0.25, 0.3) is 0 Å². The number of thiazole rings is 1. The molecule has 0 aliphatic heterocycles. The minimum Gasteiger partial charge on any atom is -0.248 e. The largest absolute Gasteiger partial charge is 0.248 e. The van der Waals surface area contributed by atoms with Crippen molar-refractivity contribution in [3.8, 4) is 11.8 Å². The van der Waals surface area contributed by atoms with Crippen LogP contribution in [0, 0.1) is 18.8 Å². The summed E-state index contributed by atoms with van der Waals surface area (Å²) in [6.45, 7) is 2.10. The number of hydrogen-bond acceptors (Lipinski definition) is 3. The second-order valence-corrected chi connectivity index (χ2v) is 5.66. The Hall–Kier alpha value is -2.18. The van der Waals surface area contributed by atoms with Crippen molar-refractivity contribution in [3.05, 3.63) is 58.9 Å². The van der Waals surface area contributed by atoms with Crippen LogP contribution in [-0.2, 0) is 6.42 Å². The molecule has 20 heavy (non-hydrogen) atoms. The fourth-order valence-electron chi connectivity index (χ4n) is 2.00. The Bertz CT molecular complexity index is 779. The SMILES string of the molecule is Cc1cccc2sc(CCC#Cc3ccccn3)nc12. The Labute approximate surface area is 122 Å². The van der Waals surface area contributed by atoms with Gasteiger partial charge in [-0.3, -0.25) is 0 Å². The molecule has 0 unspecified atom stereocenters. The normalized spacial score (nSPS) is 10.2. The second-order valence-electron chi connectivity index (χ2n) is 4.55. The molecule has 0 bridgehead atoms. The number of rotatable bonds is 2. The van der Waals surface area contributed by atoms with E-state index >= 15 is 0 Å². The zero-order valence-electron chi connectivity index (χ0n) is 11.3. The summed E-state index contributed by atoms with van der Waals surface area (Å²) >= 11 is 1.76. The molecule has 3 heteroatoms. The maximum absolute atomic E-state index is 4.69. The van der Waals surface area contributed by atoms with Gasteiger partial charge in [0, 0.05) is 19.0 Å². The van der Waals surface area contributed by atoms with E-state index in [2.05, 4.69) is 41.9 Å². The molecule has 0 N–H and O–H groups in total. The molecule has 0 aliphatic carbocycles. The number of aromatic nitrogens is 2. The molecule has 3 aromatic rings. The third-order valence-corrected chi connectivity index (χ3v) is 4.09. The minimum absolute atomic E-state index is 0.815. The van der Waals surface area contributed by atoms with E-state index in [1.807, 2.05) is 18.2 Å². The predicted octanol–water partition coefficient (Wildman–Crippen LogP) is 3.98. The Morgan fingerprint density at radius 3 is 2.90 bits per heavy atom. The highest BCUT2D eigenvalue weighted by molar-refractivity contribution is 7.18. The molecular weight excluding hydrogens is 264 g/mol. The molecule has 0 fully saturated rings. The summed E-state index contributed by atoms with van der Waals surface area (Å²) in [5.74, 6) is 6.24. The van der Waals surface area contributed by atoms with Gasteiger partial charge < -0.3 is 0 Å². The second kappa shape index (κ2) is 5.85. The highest BCUT2D eigenvalue weighted by Gasteiger charge is 2.04. The molecule has 2 heterocycles. The van der Waals surface area contributed by atoms with Crippen LogP contribution in [0.25, 0.3) is 10.2 Å². The molecule has 0 aliphatic rings. The van der Waals surface area contributed by atoms with Crippen LogP contribution in [0.3, 0.4) is 0 Å². The third-order valence-electron chi connectivity index (χ3n) is 3.01. The maximum Gasteiger partial charge on any atom is 0.113 e. The summed E-state index contributed by atoms with van der Waals surface area (Å²) in [4.78, 5) is 8.87. The molecule has 98 valence electrons. The highest BCUT2D eigenvalue weighted by atomic mass is 32.1. The van der Waals surface area contributed by atoms with Gasteiger partial charge in [-0.15, -0.1) is 11.3 Å². The highest BCUT2D eigenvalue weighted by Crippen LogP contribution is 2.25. The zero-order valence-corrected chi connectivity index (χ0v) is 12.1. The van der Waals surface area contributed by atoms with Crippen molar-refractivity contribution in [1.29, 1.82) is 0 Å². The Morgan fingerprint density at radius 2 is 2.10 bits per heavy atom. The van der Waals surface area contributed by atoms with Gasteiger partial charge >= 0.3 is 0 Å². The summed E-state index contributed by atoms with van der Waals surface area (Å²) in [7, 11) is 0. The third kappa shape index (κ3) is 2.87. The van der Waals surface area contributed by atoms with Gasteiger partial charge in [0.05, 0.1) is 15.2 Å². The number of benzene rings is 1. The van der Waals surface area contributed by atoms with Crippen LogP contribution >= 0.6 is 11.3 Å². The minimum atomic E-state index is 0.815. The molecular formula is C17H14N2S. The first-order valence-electron chi connectivity index (χ1n) is 6.58. The molecule has 0 spiro atoms. The molecule has 2 aromatic heterocycles. The van der Waals surface area contributed by atoms with E-state index in [1.165, 1.54) is 10.3 Å². The van der Waals surface area contributed by atoms with E-state index < -0.39 is 0 Å². The Balaban J connectivity index is 1.69. The predicted molar refractivity (Wildman–Crippen MR) is 83.8 cm³/mol. The lowest BCUT2D eigenvalue weighted by molar-refractivity contribution is 1.01. The number of nitrogens with zero attached hydrogens (tertiary/aromatic N) is 2. The van der Waals surface area contributed by atoms with E-state index in [0.717, 1.165) is 29.1 Å². The number of hydrogen-bond donors (Lipinski definition) is 0. The van der Waals surface area contributed by atoms with E-state index in [9.17, 15) is 0 Å². The summed E-state index contributed by atoms with van der Waals surface area (Å²) in [5, 5.41) is 1.16. The molecule has 2 nitrogen and oxygen atoms in total. The first-order valence-corrected chi connectivity index (χ1v) is 7.39. The van der Waals surface area contributed by atoms with Crippen molar-refractivity contribution in [1.82, 2.24) is 9.97 Å². The van der Waals surface area contributed by atoms with Gasteiger partial charge in [0.1, 0.15) is 5.69 Å². The van der Waals surface area contributed by atoms with E-state index in [1.54, 1.807) is 17.5 Å². The van der Waals surface area contributed by atoms with Gasteiger partial charge in [-0.05, 0) is 36.6 Å². The van der Waals surface area contributed by atoms with Crippen molar-refractivity contribution in [2.75, 3.05) is 0 Å². The lowest BCUT2D eigenvalue weighted by Crippen LogP contribution is -1.83. The van der Waals surface area contributed by atoms with Crippen molar-refractivity contribution >= 4 is 21.6 Å². The lowest BCUT2D eigenvalue weighted by atomic mass is 10.2. The van der Waals surface area contributed by atoms with Crippen LogP contribution in [0.2, 0.25) is 0 Å². The molecule has 0 saturated carbocycles. The molecule has 0 atom stereocenters. The Kier molecular flexibility index (Phi) is 3.76. The Morgan fingerprint density at radius 1 is 1.15 bits per heavy atom. The quantitative estimate of drug-likeness (QED) is 0.663. The van der Waals surface area contributed by atoms with E-state index in [0.29, 0.717) is 0 Å². The van der Waals surface area contributed by atoms with Gasteiger partial charge in [0.2, 0.25) is 0 Å². The molecule has 0 saturated heterocycles. The zero-order chi connectivity index (χ0) is 13.8. The van der Waals surface area contributed by atoms with Crippen molar-refractivity contribution < 1.29 is 0 Å². The van der Waals surface area contributed by atoms with Crippen LogP contribution in [0.5, 0.6) is 0 Å². The number of para-hydroxylation sites is 1. The molecule has 0 amide bonds. The van der Waals surface area contributed by atoms with Crippen molar-refractivity contribution in [3.63, 3.8) is 0 Å². The summed E-state index contributed by atoms with van der Waals surface area (Å²) in [6, 6.07) is 12.1. The van der Waals surface area contributed by atoms with Crippen LogP contribution < -0.4 is 0 Å². The number of aryl methyl sites for hydroxylation is 2. The topological polar surface area (TPSA) is 25.8 Å². The standard InChI is InChI=1S/C17H14N2S/c1-13-7-6-10-15-17(13)19-16(20-15)11-3-2-8-14-9-4-5-12-18-14/h4-7,9-10,12H,3,11H2,1H3. The fraction of sp³-hybridized carbons (Fsp3) is 0.176. The van der Waals surface area contributed by atoms with Crippen LogP contribution in [0.1, 0.15) is 22.7 Å². The van der Waals surface area contributed by atoms with Crippen LogP contribution in [0.4, 0.5) is 0 Å². The molecule has 0 radical (unpaired) electrons. The van der Waals surface area contributed by atoms with E-state index in [4.69, 9.17) is 4.98 Å². The number of fused-ring (bicyclic) bond motifs is 1. The summed E-state index contributed by atoms with van der Waals surface area (Å²) in [6.07, 6.45) is 3.48. The van der Waals surface area contributed by atoms with Crippen LogP contribution in [0.15, 0.2) is 42.6 Å². The van der Waals surface area contributed by atoms with Gasteiger partial charge in [-0.25, -0.2) is 9.97 Å². The lowest BCUT2D eigenvalue weighted by Gasteiger charge is -1.90. The van der Waals surface area contributed by atoms with Crippen molar-refractivity contribution in [2.24, 2.45) is 0 Å². The molecule has 3 rings (SSSR count). The van der Waals surface area contributed by atoms with Crippen molar-refractivity contribution in [2.45, 2.75) is 19.8 Å². The summed E-state index contributed by atoms with van der Waals surface area (Å²) < 4.78 is 1.26.